The van der Waals surface area contributed by atoms with Crippen LogP contribution in [0.1, 0.15) is 20.7 Å². The second kappa shape index (κ2) is 10.6. The monoisotopic (exact) mass is 493 g/mol. The van der Waals surface area contributed by atoms with E-state index in [2.05, 4.69) is 30.7 Å². The quantitative estimate of drug-likeness (QED) is 0.295. The number of methoxy groups -OCH3 is 1. The van der Waals surface area contributed by atoms with E-state index in [1.54, 1.807) is 36.4 Å². The van der Waals surface area contributed by atoms with Crippen LogP contribution < -0.4 is 16.0 Å². The average molecular weight is 493 g/mol. The van der Waals surface area contributed by atoms with Gasteiger partial charge < -0.3 is 20.7 Å². The summed E-state index contributed by atoms with van der Waals surface area (Å²) in [6.07, 6.45) is 0.992. The molecule has 0 fully saturated rings. The highest BCUT2D eigenvalue weighted by atomic mass is 19.1. The molecular weight excluding hydrogens is 475 g/mol. The van der Waals surface area contributed by atoms with Crippen LogP contribution in [0.4, 0.5) is 42.0 Å². The van der Waals surface area contributed by atoms with Crippen molar-refractivity contribution in [3.8, 4) is 0 Å². The zero-order chi connectivity index (χ0) is 25.7. The summed E-state index contributed by atoms with van der Waals surface area (Å²) in [4.78, 5) is 31.8. The summed E-state index contributed by atoms with van der Waals surface area (Å²) < 4.78 is 45.8. The van der Waals surface area contributed by atoms with Gasteiger partial charge in [-0.15, -0.1) is 0 Å². The molecule has 0 saturated carbocycles. The molecule has 3 aromatic carbocycles. The highest BCUT2D eigenvalue weighted by molar-refractivity contribution is 6.04. The highest BCUT2D eigenvalue weighted by Gasteiger charge is 2.13. The minimum Gasteiger partial charge on any atom is -0.465 e. The zero-order valence-corrected chi connectivity index (χ0v) is 18.7. The predicted octanol–water partition coefficient (Wildman–Crippen LogP) is 5.42. The van der Waals surface area contributed by atoms with Gasteiger partial charge in [0.2, 0.25) is 5.95 Å². The molecule has 4 rings (SSSR count). The third kappa shape index (κ3) is 5.76. The van der Waals surface area contributed by atoms with Crippen LogP contribution in [0, 0.1) is 17.5 Å². The van der Waals surface area contributed by atoms with Crippen LogP contribution in [0.2, 0.25) is 0 Å². The van der Waals surface area contributed by atoms with Crippen LogP contribution in [-0.4, -0.2) is 29.0 Å². The van der Waals surface area contributed by atoms with Crippen LogP contribution >= 0.6 is 0 Å². The van der Waals surface area contributed by atoms with E-state index in [4.69, 9.17) is 0 Å². The minimum atomic E-state index is -0.978. The Labute approximate surface area is 203 Å². The molecule has 1 aromatic heterocycles. The van der Waals surface area contributed by atoms with E-state index < -0.39 is 29.3 Å². The molecule has 0 unspecified atom stereocenters. The van der Waals surface area contributed by atoms with Gasteiger partial charge in [-0.3, -0.25) is 4.79 Å². The smallest absolute Gasteiger partial charge is 0.337 e. The lowest BCUT2D eigenvalue weighted by atomic mass is 10.2. The van der Waals surface area contributed by atoms with Gasteiger partial charge in [0.1, 0.15) is 11.6 Å². The van der Waals surface area contributed by atoms with Crippen molar-refractivity contribution in [2.75, 3.05) is 23.1 Å². The molecule has 0 aliphatic heterocycles. The third-order valence-electron chi connectivity index (χ3n) is 4.89. The first kappa shape index (κ1) is 24.2. The summed E-state index contributed by atoms with van der Waals surface area (Å²) in [5.41, 5.74) is 1.43. The number of anilines is 5. The number of halogens is 3. The molecule has 3 N–H and O–H groups in total. The lowest BCUT2D eigenvalue weighted by Crippen LogP contribution is -2.13. The summed E-state index contributed by atoms with van der Waals surface area (Å²) in [5.74, 6) is -3.69. The number of benzene rings is 3. The maximum atomic E-state index is 14.3. The Morgan fingerprint density at radius 1 is 0.806 bits per heavy atom. The number of amides is 1. The second-order valence-corrected chi connectivity index (χ2v) is 7.36. The van der Waals surface area contributed by atoms with Gasteiger partial charge in [-0.05, 0) is 60.7 Å². The van der Waals surface area contributed by atoms with Gasteiger partial charge in [0, 0.05) is 23.1 Å². The molecule has 0 bridgehead atoms. The van der Waals surface area contributed by atoms with Gasteiger partial charge in [-0.25, -0.2) is 22.9 Å². The van der Waals surface area contributed by atoms with Crippen molar-refractivity contribution in [3.63, 3.8) is 0 Å². The van der Waals surface area contributed by atoms with Crippen molar-refractivity contribution in [1.29, 1.82) is 0 Å². The molecule has 0 spiro atoms. The van der Waals surface area contributed by atoms with E-state index in [0.29, 0.717) is 28.7 Å². The Bertz CT molecular complexity index is 1410. The number of carbonyl (C=O) groups is 2. The first-order valence-corrected chi connectivity index (χ1v) is 10.4. The fourth-order valence-electron chi connectivity index (χ4n) is 3.10. The van der Waals surface area contributed by atoms with Gasteiger partial charge in [0.05, 0.1) is 24.4 Å². The van der Waals surface area contributed by atoms with Crippen LogP contribution in [0.5, 0.6) is 0 Å². The number of nitrogens with zero attached hydrogens (tertiary/aromatic N) is 2. The SMILES string of the molecule is COC(=O)c1ccc(Nc2ncc(F)c(Nc3ccc(NC(=O)c4ccc(F)cc4F)cc3)n2)cc1. The summed E-state index contributed by atoms with van der Waals surface area (Å²) in [6.45, 7) is 0. The molecule has 0 saturated heterocycles. The molecule has 1 heterocycles. The lowest BCUT2D eigenvalue weighted by Gasteiger charge is -2.11. The van der Waals surface area contributed by atoms with Gasteiger partial charge in [-0.2, -0.15) is 4.98 Å². The van der Waals surface area contributed by atoms with Crippen molar-refractivity contribution in [2.45, 2.75) is 0 Å². The summed E-state index contributed by atoms with van der Waals surface area (Å²) in [5, 5.41) is 8.23. The molecule has 8 nitrogen and oxygen atoms in total. The van der Waals surface area contributed by atoms with E-state index >= 15 is 0 Å². The number of nitrogens with one attached hydrogen (secondary N) is 3. The molecule has 4 aromatic rings. The molecule has 0 aliphatic rings. The Balaban J connectivity index is 1.42. The van der Waals surface area contributed by atoms with Crippen molar-refractivity contribution >= 4 is 40.7 Å². The van der Waals surface area contributed by atoms with Crippen molar-refractivity contribution in [2.24, 2.45) is 0 Å². The normalized spacial score (nSPS) is 10.4. The second-order valence-electron chi connectivity index (χ2n) is 7.36. The van der Waals surface area contributed by atoms with E-state index in [1.807, 2.05) is 0 Å². The van der Waals surface area contributed by atoms with Crippen LogP contribution in [0.25, 0.3) is 0 Å². The maximum absolute atomic E-state index is 14.3. The van der Waals surface area contributed by atoms with Gasteiger partial charge in [0.25, 0.3) is 5.91 Å². The number of hydrogen-bond donors (Lipinski definition) is 3. The molecule has 11 heteroatoms. The van der Waals surface area contributed by atoms with E-state index in [-0.39, 0.29) is 17.3 Å². The molecule has 0 aliphatic carbocycles. The summed E-state index contributed by atoms with van der Waals surface area (Å²) >= 11 is 0. The molecule has 182 valence electrons. The number of aromatic nitrogens is 2. The Hall–Kier alpha value is -4.93. The number of ether oxygens (including phenoxy) is 1. The lowest BCUT2D eigenvalue weighted by molar-refractivity contribution is 0.0600. The first-order valence-electron chi connectivity index (χ1n) is 10.4. The summed E-state index contributed by atoms with van der Waals surface area (Å²) in [7, 11) is 1.29. The highest BCUT2D eigenvalue weighted by Crippen LogP contribution is 2.23. The molecule has 1 amide bonds. The first-order chi connectivity index (χ1) is 17.3. The number of rotatable bonds is 7. The van der Waals surface area contributed by atoms with E-state index in [1.165, 1.54) is 19.2 Å². The van der Waals surface area contributed by atoms with Crippen LogP contribution in [0.3, 0.4) is 0 Å². The zero-order valence-electron chi connectivity index (χ0n) is 18.7. The third-order valence-corrected chi connectivity index (χ3v) is 4.89. The van der Waals surface area contributed by atoms with Crippen LogP contribution in [-0.2, 0) is 4.74 Å². The van der Waals surface area contributed by atoms with E-state index in [9.17, 15) is 22.8 Å². The van der Waals surface area contributed by atoms with Crippen molar-refractivity contribution < 1.29 is 27.5 Å². The topological polar surface area (TPSA) is 105 Å². The predicted molar refractivity (Wildman–Crippen MR) is 127 cm³/mol. The molecular formula is C25H18F3N5O3. The average Bonchev–Trinajstić information content (AvgIpc) is 2.87. The Morgan fingerprint density at radius 3 is 2.11 bits per heavy atom. The van der Waals surface area contributed by atoms with Crippen LogP contribution in [0.15, 0.2) is 72.9 Å². The van der Waals surface area contributed by atoms with Crippen molar-refractivity contribution in [3.05, 3.63) is 102 Å². The maximum Gasteiger partial charge on any atom is 0.337 e. The van der Waals surface area contributed by atoms with Gasteiger partial charge in [0.15, 0.2) is 11.6 Å². The van der Waals surface area contributed by atoms with Crippen molar-refractivity contribution in [1.82, 2.24) is 9.97 Å². The molecule has 0 atom stereocenters. The largest absolute Gasteiger partial charge is 0.465 e. The minimum absolute atomic E-state index is 0.106. The Kier molecular flexibility index (Phi) is 7.10. The number of hydrogen-bond acceptors (Lipinski definition) is 7. The van der Waals surface area contributed by atoms with Gasteiger partial charge >= 0.3 is 5.97 Å². The van der Waals surface area contributed by atoms with E-state index in [0.717, 1.165) is 18.3 Å². The number of carbonyl (C=O) groups excluding carboxylic acids is 2. The fraction of sp³-hybridized carbons (Fsp3) is 0.0400. The molecule has 0 radical (unpaired) electrons. The van der Waals surface area contributed by atoms with Gasteiger partial charge in [-0.1, -0.05) is 0 Å². The standard InChI is InChI=1S/C25H18F3N5O3/c1-36-24(35)14-2-5-18(6-3-14)32-25-29-13-21(28)22(33-25)30-16-7-9-17(10-8-16)31-23(34)19-11-4-15(26)12-20(19)27/h2-13H,1H3,(H,31,34)(H2,29,30,32,33). The Morgan fingerprint density at radius 2 is 1.44 bits per heavy atom. The number of esters is 1. The molecule has 36 heavy (non-hydrogen) atoms. The summed E-state index contributed by atoms with van der Waals surface area (Å²) in [6, 6.07) is 15.2. The fourth-order valence-corrected chi connectivity index (χ4v) is 3.10.